The maximum atomic E-state index is 5.40. The molecule has 0 saturated carbocycles. The molecule has 0 aromatic carbocycles. The van der Waals surface area contributed by atoms with Crippen LogP contribution >= 0.6 is 0 Å². The van der Waals surface area contributed by atoms with E-state index in [1.165, 1.54) is 32.4 Å². The van der Waals surface area contributed by atoms with Crippen LogP contribution in [0.3, 0.4) is 0 Å². The first-order valence-electron chi connectivity index (χ1n) is 6.40. The standard InChI is InChI=1S/C13H25N3/c1-4-7-10-16-12-14(8-5-2)11-15(13-16)9-6-3/h2H,4,6-13H2,1,3H3. The Bertz CT molecular complexity index is 222. The largest absolute Gasteiger partial charge is 0.277 e. The van der Waals surface area contributed by atoms with Gasteiger partial charge in [0, 0.05) is 13.1 Å². The molecule has 0 aliphatic carbocycles. The van der Waals surface area contributed by atoms with Crippen molar-refractivity contribution in [2.24, 2.45) is 0 Å². The summed E-state index contributed by atoms with van der Waals surface area (Å²) in [5.41, 5.74) is 0. The zero-order valence-electron chi connectivity index (χ0n) is 10.8. The quantitative estimate of drug-likeness (QED) is 0.634. The van der Waals surface area contributed by atoms with Gasteiger partial charge in [-0.25, -0.2) is 0 Å². The molecule has 1 aliphatic rings. The average molecular weight is 223 g/mol. The molecule has 3 nitrogen and oxygen atoms in total. The zero-order valence-corrected chi connectivity index (χ0v) is 10.8. The van der Waals surface area contributed by atoms with Crippen LogP contribution in [0.5, 0.6) is 0 Å². The van der Waals surface area contributed by atoms with Crippen LogP contribution < -0.4 is 0 Å². The molecule has 16 heavy (non-hydrogen) atoms. The molecule has 0 aromatic heterocycles. The molecule has 0 unspecified atom stereocenters. The van der Waals surface area contributed by atoms with Gasteiger partial charge in [-0.2, -0.15) is 0 Å². The van der Waals surface area contributed by atoms with Gasteiger partial charge in [-0.05, 0) is 12.8 Å². The van der Waals surface area contributed by atoms with Crippen LogP contribution in [-0.2, 0) is 0 Å². The van der Waals surface area contributed by atoms with Gasteiger partial charge in [0.1, 0.15) is 0 Å². The first kappa shape index (κ1) is 13.5. The Morgan fingerprint density at radius 3 is 2.12 bits per heavy atom. The van der Waals surface area contributed by atoms with E-state index in [4.69, 9.17) is 6.42 Å². The third kappa shape index (κ3) is 4.52. The maximum Gasteiger partial charge on any atom is 0.0622 e. The molecule has 0 spiro atoms. The summed E-state index contributed by atoms with van der Waals surface area (Å²) in [5, 5.41) is 0. The molecule has 3 heteroatoms. The summed E-state index contributed by atoms with van der Waals surface area (Å²) in [6.45, 7) is 10.8. The summed E-state index contributed by atoms with van der Waals surface area (Å²) in [6.07, 6.45) is 9.15. The van der Waals surface area contributed by atoms with Crippen LogP contribution in [0.1, 0.15) is 33.1 Å². The molecule has 1 fully saturated rings. The van der Waals surface area contributed by atoms with Crippen molar-refractivity contribution >= 4 is 0 Å². The third-order valence-electron chi connectivity index (χ3n) is 2.88. The molecular formula is C13H25N3. The molecule has 1 rings (SSSR count). The van der Waals surface area contributed by atoms with Crippen LogP contribution in [0.25, 0.3) is 0 Å². The Labute approximate surface area is 100 Å². The van der Waals surface area contributed by atoms with Crippen molar-refractivity contribution in [3.8, 4) is 12.3 Å². The molecule has 1 aliphatic heterocycles. The highest BCUT2D eigenvalue weighted by molar-refractivity contribution is 4.89. The first-order valence-corrected chi connectivity index (χ1v) is 6.40. The molecular weight excluding hydrogens is 198 g/mol. The van der Waals surface area contributed by atoms with Gasteiger partial charge in [-0.3, -0.25) is 14.7 Å². The Morgan fingerprint density at radius 1 is 0.938 bits per heavy atom. The van der Waals surface area contributed by atoms with E-state index < -0.39 is 0 Å². The normalized spacial score (nSPS) is 19.8. The van der Waals surface area contributed by atoms with Crippen molar-refractivity contribution in [2.75, 3.05) is 39.6 Å². The fraction of sp³-hybridized carbons (Fsp3) is 0.846. The highest BCUT2D eigenvalue weighted by atomic mass is 15.5. The minimum Gasteiger partial charge on any atom is -0.277 e. The van der Waals surface area contributed by atoms with Crippen molar-refractivity contribution in [3.05, 3.63) is 0 Å². The fourth-order valence-electron chi connectivity index (χ4n) is 2.19. The van der Waals surface area contributed by atoms with Crippen LogP contribution in [0, 0.1) is 12.3 Å². The number of rotatable bonds is 6. The highest BCUT2D eigenvalue weighted by Gasteiger charge is 2.21. The van der Waals surface area contributed by atoms with Gasteiger partial charge < -0.3 is 0 Å². The summed E-state index contributed by atoms with van der Waals surface area (Å²) in [6, 6.07) is 0. The van der Waals surface area contributed by atoms with Gasteiger partial charge in [-0.15, -0.1) is 6.42 Å². The molecule has 0 aromatic rings. The van der Waals surface area contributed by atoms with E-state index in [0.717, 1.165) is 26.6 Å². The molecule has 0 bridgehead atoms. The summed E-state index contributed by atoms with van der Waals surface area (Å²) >= 11 is 0. The maximum absolute atomic E-state index is 5.40. The summed E-state index contributed by atoms with van der Waals surface area (Å²) < 4.78 is 0. The minimum absolute atomic E-state index is 0.767. The average Bonchev–Trinajstić information content (AvgIpc) is 2.27. The van der Waals surface area contributed by atoms with Crippen molar-refractivity contribution in [2.45, 2.75) is 33.1 Å². The van der Waals surface area contributed by atoms with Crippen molar-refractivity contribution < 1.29 is 0 Å². The second-order valence-corrected chi connectivity index (χ2v) is 4.60. The van der Waals surface area contributed by atoms with Crippen LogP contribution in [0.4, 0.5) is 0 Å². The molecule has 0 atom stereocenters. The Kier molecular flexibility index (Phi) is 6.47. The SMILES string of the molecule is C#CCN1CN(CCC)CN(CCCC)C1. The van der Waals surface area contributed by atoms with Crippen molar-refractivity contribution in [1.29, 1.82) is 0 Å². The second kappa shape index (κ2) is 7.67. The fourth-order valence-corrected chi connectivity index (χ4v) is 2.19. The number of unbranched alkanes of at least 4 members (excludes halogenated alkanes) is 1. The minimum atomic E-state index is 0.767. The topological polar surface area (TPSA) is 9.72 Å². The Hall–Kier alpha value is -0.560. The molecule has 0 N–H and O–H groups in total. The van der Waals surface area contributed by atoms with Crippen LogP contribution in [0.15, 0.2) is 0 Å². The monoisotopic (exact) mass is 223 g/mol. The number of hydrogen-bond acceptors (Lipinski definition) is 3. The van der Waals surface area contributed by atoms with Gasteiger partial charge in [0.2, 0.25) is 0 Å². The Morgan fingerprint density at radius 2 is 1.56 bits per heavy atom. The lowest BCUT2D eigenvalue weighted by molar-refractivity contribution is -0.0228. The lowest BCUT2D eigenvalue weighted by atomic mass is 10.3. The number of hydrogen-bond donors (Lipinski definition) is 0. The zero-order chi connectivity index (χ0) is 11.8. The summed E-state index contributed by atoms with van der Waals surface area (Å²) in [5.74, 6) is 2.75. The van der Waals surface area contributed by atoms with E-state index in [1.807, 2.05) is 0 Å². The Balaban J connectivity index is 2.42. The molecule has 1 heterocycles. The number of nitrogens with zero attached hydrogens (tertiary/aromatic N) is 3. The lowest BCUT2D eigenvalue weighted by Crippen LogP contribution is -2.55. The molecule has 1 saturated heterocycles. The number of terminal acetylenes is 1. The van der Waals surface area contributed by atoms with Gasteiger partial charge >= 0.3 is 0 Å². The van der Waals surface area contributed by atoms with Gasteiger partial charge in [0.15, 0.2) is 0 Å². The van der Waals surface area contributed by atoms with Crippen LogP contribution in [-0.4, -0.2) is 54.3 Å². The first-order chi connectivity index (χ1) is 7.80. The van der Waals surface area contributed by atoms with Gasteiger partial charge in [-0.1, -0.05) is 26.2 Å². The van der Waals surface area contributed by atoms with E-state index in [1.54, 1.807) is 0 Å². The predicted octanol–water partition coefficient (Wildman–Crippen LogP) is 1.62. The van der Waals surface area contributed by atoms with E-state index in [0.29, 0.717) is 0 Å². The van der Waals surface area contributed by atoms with Crippen molar-refractivity contribution in [1.82, 2.24) is 14.7 Å². The smallest absolute Gasteiger partial charge is 0.0622 e. The highest BCUT2D eigenvalue weighted by Crippen LogP contribution is 2.08. The second-order valence-electron chi connectivity index (χ2n) is 4.60. The molecule has 0 amide bonds. The summed E-state index contributed by atoms with van der Waals surface area (Å²) in [7, 11) is 0. The van der Waals surface area contributed by atoms with E-state index >= 15 is 0 Å². The summed E-state index contributed by atoms with van der Waals surface area (Å²) in [4.78, 5) is 7.32. The third-order valence-corrected chi connectivity index (χ3v) is 2.88. The van der Waals surface area contributed by atoms with Crippen LogP contribution in [0.2, 0.25) is 0 Å². The van der Waals surface area contributed by atoms with Gasteiger partial charge in [0.05, 0.1) is 26.6 Å². The van der Waals surface area contributed by atoms with Crippen molar-refractivity contribution in [3.63, 3.8) is 0 Å². The van der Waals surface area contributed by atoms with Gasteiger partial charge in [0.25, 0.3) is 0 Å². The molecule has 92 valence electrons. The predicted molar refractivity (Wildman–Crippen MR) is 68.8 cm³/mol. The van der Waals surface area contributed by atoms with E-state index in [-0.39, 0.29) is 0 Å². The van der Waals surface area contributed by atoms with E-state index in [9.17, 15) is 0 Å². The van der Waals surface area contributed by atoms with E-state index in [2.05, 4.69) is 34.5 Å². The lowest BCUT2D eigenvalue weighted by Gasteiger charge is -2.41. The molecule has 0 radical (unpaired) electrons.